The Labute approximate surface area is 191 Å². The van der Waals surface area contributed by atoms with E-state index in [0.717, 1.165) is 43.8 Å². The minimum atomic E-state index is 0.709. The SMILES string of the molecule is C=Cc1[nH]c(=S)sc1/C=C/c1ccc2c(/C=C/c3sc(=S)[nH]c3C=C)nnc-2cn1. The fourth-order valence-electron chi connectivity index (χ4n) is 2.75. The largest absolute Gasteiger partial charge is 0.337 e. The van der Waals surface area contributed by atoms with Gasteiger partial charge in [0.15, 0.2) is 7.91 Å². The van der Waals surface area contributed by atoms with Crippen molar-refractivity contribution in [1.82, 2.24) is 25.1 Å². The van der Waals surface area contributed by atoms with Gasteiger partial charge in [0.05, 0.1) is 38.7 Å². The van der Waals surface area contributed by atoms with Gasteiger partial charge in [0.1, 0.15) is 5.69 Å². The molecule has 2 aliphatic rings. The lowest BCUT2D eigenvalue weighted by Gasteiger charge is -1.91. The van der Waals surface area contributed by atoms with Crippen LogP contribution in [0.3, 0.4) is 0 Å². The zero-order valence-corrected chi connectivity index (χ0v) is 18.9. The van der Waals surface area contributed by atoms with Gasteiger partial charge in [0.2, 0.25) is 0 Å². The van der Waals surface area contributed by atoms with Gasteiger partial charge < -0.3 is 9.97 Å². The van der Waals surface area contributed by atoms with Crippen LogP contribution in [0.1, 0.15) is 32.5 Å². The maximum Gasteiger partial charge on any atom is 0.159 e. The summed E-state index contributed by atoms with van der Waals surface area (Å²) < 4.78 is 1.42. The maximum absolute atomic E-state index is 5.21. The van der Waals surface area contributed by atoms with Crippen molar-refractivity contribution in [1.29, 1.82) is 0 Å². The van der Waals surface area contributed by atoms with Gasteiger partial charge in [-0.05, 0) is 73.0 Å². The van der Waals surface area contributed by atoms with Crippen LogP contribution in [-0.2, 0) is 0 Å². The summed E-state index contributed by atoms with van der Waals surface area (Å²) >= 11 is 13.4. The fourth-order valence-corrected chi connectivity index (χ4v) is 4.99. The van der Waals surface area contributed by atoms with Gasteiger partial charge in [-0.2, -0.15) is 0 Å². The van der Waals surface area contributed by atoms with E-state index in [-0.39, 0.29) is 0 Å². The second-order valence-corrected chi connectivity index (χ2v) is 9.50. The molecule has 2 aromatic rings. The molecule has 30 heavy (non-hydrogen) atoms. The minimum absolute atomic E-state index is 0.709. The Morgan fingerprint density at radius 3 is 2.10 bits per heavy atom. The average Bonchev–Trinajstić information content (AvgIpc) is 3.37. The van der Waals surface area contributed by atoms with Gasteiger partial charge in [-0.1, -0.05) is 13.2 Å². The van der Waals surface area contributed by atoms with Crippen molar-refractivity contribution < 1.29 is 0 Å². The summed E-state index contributed by atoms with van der Waals surface area (Å²) in [5.74, 6) is 0. The van der Waals surface area contributed by atoms with E-state index in [1.54, 1.807) is 18.3 Å². The second kappa shape index (κ2) is 8.88. The third-order valence-electron chi connectivity index (χ3n) is 4.19. The highest BCUT2D eigenvalue weighted by Gasteiger charge is 2.11. The Morgan fingerprint density at radius 1 is 0.833 bits per heavy atom. The predicted molar refractivity (Wildman–Crippen MR) is 133 cm³/mol. The van der Waals surface area contributed by atoms with E-state index in [1.807, 2.05) is 36.4 Å². The zero-order chi connectivity index (χ0) is 21.1. The first-order valence-corrected chi connectivity index (χ1v) is 11.2. The van der Waals surface area contributed by atoms with Gasteiger partial charge in [-0.25, -0.2) is 0 Å². The van der Waals surface area contributed by atoms with E-state index in [9.17, 15) is 0 Å². The normalized spacial score (nSPS) is 11.6. The molecule has 2 aromatic heterocycles. The van der Waals surface area contributed by atoms with Crippen LogP contribution < -0.4 is 0 Å². The van der Waals surface area contributed by atoms with Gasteiger partial charge in [-0.15, -0.1) is 32.9 Å². The molecule has 0 radical (unpaired) electrons. The Kier molecular flexibility index (Phi) is 6.05. The Morgan fingerprint density at radius 2 is 1.47 bits per heavy atom. The molecule has 2 aliphatic heterocycles. The first-order chi connectivity index (χ1) is 14.6. The van der Waals surface area contributed by atoms with Crippen LogP contribution in [0, 0.1) is 7.91 Å². The highest BCUT2D eigenvalue weighted by Crippen LogP contribution is 2.26. The van der Waals surface area contributed by atoms with E-state index in [1.165, 1.54) is 22.7 Å². The molecule has 0 aromatic carbocycles. The van der Waals surface area contributed by atoms with Crippen molar-refractivity contribution in [3.05, 3.63) is 71.9 Å². The molecule has 0 spiro atoms. The summed E-state index contributed by atoms with van der Waals surface area (Å²) in [6.07, 6.45) is 13.0. The summed E-state index contributed by atoms with van der Waals surface area (Å²) in [7, 11) is 0. The molecular formula is C21H15N5S4. The molecule has 4 heterocycles. The van der Waals surface area contributed by atoms with Crippen molar-refractivity contribution in [2.75, 3.05) is 0 Å². The minimum Gasteiger partial charge on any atom is -0.337 e. The number of aromatic nitrogens is 5. The van der Waals surface area contributed by atoms with Crippen molar-refractivity contribution in [3.8, 4) is 11.3 Å². The molecule has 0 amide bonds. The highest BCUT2D eigenvalue weighted by atomic mass is 32.2. The monoisotopic (exact) mass is 465 g/mol. The number of hydrogen-bond acceptors (Lipinski definition) is 7. The van der Waals surface area contributed by atoms with Crippen LogP contribution in [0.4, 0.5) is 0 Å². The van der Waals surface area contributed by atoms with Crippen LogP contribution in [0.25, 0.3) is 47.7 Å². The number of rotatable bonds is 6. The van der Waals surface area contributed by atoms with E-state index in [4.69, 9.17) is 24.4 Å². The number of hydrogen-bond donors (Lipinski definition) is 2. The molecule has 0 unspecified atom stereocenters. The molecule has 148 valence electrons. The summed E-state index contributed by atoms with van der Waals surface area (Å²) in [6, 6.07) is 3.91. The van der Waals surface area contributed by atoms with Crippen LogP contribution in [-0.4, -0.2) is 25.1 Å². The van der Waals surface area contributed by atoms with Gasteiger partial charge in [0, 0.05) is 5.56 Å². The predicted octanol–water partition coefficient (Wildman–Crippen LogP) is 6.84. The molecule has 0 aliphatic carbocycles. The third kappa shape index (κ3) is 4.34. The molecule has 5 nitrogen and oxygen atoms in total. The number of nitrogens with one attached hydrogen (secondary N) is 2. The number of thiazole rings is 2. The van der Waals surface area contributed by atoms with E-state index >= 15 is 0 Å². The number of fused-ring (bicyclic) bond motifs is 1. The Hall–Kier alpha value is -2.85. The smallest absolute Gasteiger partial charge is 0.159 e. The quantitative estimate of drug-likeness (QED) is 0.305. The summed E-state index contributed by atoms with van der Waals surface area (Å²) in [4.78, 5) is 12.7. The summed E-state index contributed by atoms with van der Waals surface area (Å²) in [5, 5.41) is 8.52. The third-order valence-corrected chi connectivity index (χ3v) is 6.62. The lowest BCUT2D eigenvalue weighted by Crippen LogP contribution is -1.76. The van der Waals surface area contributed by atoms with Crippen molar-refractivity contribution in [3.63, 3.8) is 0 Å². The van der Waals surface area contributed by atoms with Crippen LogP contribution >= 0.6 is 47.1 Å². The van der Waals surface area contributed by atoms with E-state index in [0.29, 0.717) is 7.91 Å². The van der Waals surface area contributed by atoms with Gasteiger partial charge >= 0.3 is 0 Å². The molecule has 0 bridgehead atoms. The lowest BCUT2D eigenvalue weighted by atomic mass is 10.1. The fraction of sp³-hybridized carbons (Fsp3) is 0. The maximum atomic E-state index is 5.21. The molecule has 9 heteroatoms. The molecule has 2 N–H and O–H groups in total. The topological polar surface area (TPSA) is 70.2 Å². The molecule has 0 atom stereocenters. The van der Waals surface area contributed by atoms with E-state index < -0.39 is 0 Å². The summed E-state index contributed by atoms with van der Waals surface area (Å²) in [6.45, 7) is 7.62. The molecular weight excluding hydrogens is 451 g/mol. The van der Waals surface area contributed by atoms with Crippen molar-refractivity contribution in [2.45, 2.75) is 0 Å². The molecule has 0 saturated heterocycles. The number of nitrogens with zero attached hydrogens (tertiary/aromatic N) is 3. The van der Waals surface area contributed by atoms with Crippen molar-refractivity contribution in [2.24, 2.45) is 0 Å². The van der Waals surface area contributed by atoms with E-state index in [2.05, 4.69) is 38.3 Å². The van der Waals surface area contributed by atoms with Crippen LogP contribution in [0.5, 0.6) is 0 Å². The number of aromatic amines is 2. The lowest BCUT2D eigenvalue weighted by molar-refractivity contribution is 1.08. The standard InChI is InChI=1S/C21H15N5S4/c1-3-14-18(29-20(27)23-14)9-6-12-5-7-13-16(25-26-17(13)11-22-12)8-10-19-15(4-2)24-21(28)30-19/h3-11H,1-2H2,(H,23,27)(H,24,28)/b9-6+,10-8+. The number of H-pyrrole nitrogens is 2. The van der Waals surface area contributed by atoms with Crippen molar-refractivity contribution >= 4 is 83.6 Å². The highest BCUT2D eigenvalue weighted by molar-refractivity contribution is 7.73. The summed E-state index contributed by atoms with van der Waals surface area (Å²) in [5.41, 5.74) is 5.02. The first kappa shape index (κ1) is 20.4. The van der Waals surface area contributed by atoms with Gasteiger partial charge in [-0.3, -0.25) is 4.98 Å². The second-order valence-electron chi connectivity index (χ2n) is 6.06. The average molecular weight is 466 g/mol. The Bertz CT molecular complexity index is 1380. The van der Waals surface area contributed by atoms with Crippen LogP contribution in [0.15, 0.2) is 31.5 Å². The molecule has 0 saturated carbocycles. The first-order valence-electron chi connectivity index (χ1n) is 8.77. The zero-order valence-electron chi connectivity index (χ0n) is 15.6. The van der Waals surface area contributed by atoms with Crippen LogP contribution in [0.2, 0.25) is 0 Å². The molecule has 0 fully saturated rings. The molecule has 4 rings (SSSR count). The van der Waals surface area contributed by atoms with Gasteiger partial charge in [0.25, 0.3) is 0 Å². The Balaban J connectivity index is 1.64.